The van der Waals surface area contributed by atoms with E-state index in [1.165, 1.54) is 6.42 Å². The van der Waals surface area contributed by atoms with Gasteiger partial charge >= 0.3 is 0 Å². The van der Waals surface area contributed by atoms with Crippen LogP contribution < -0.4 is 10.6 Å². The van der Waals surface area contributed by atoms with Crippen molar-refractivity contribution < 1.29 is 4.79 Å². The van der Waals surface area contributed by atoms with Gasteiger partial charge in [-0.15, -0.1) is 0 Å². The molecule has 124 valence electrons. The monoisotopic (exact) mass is 358 g/mol. The molecule has 1 heterocycles. The van der Waals surface area contributed by atoms with Gasteiger partial charge in [-0.1, -0.05) is 23.4 Å². The van der Waals surface area contributed by atoms with Gasteiger partial charge < -0.3 is 10.6 Å². The zero-order valence-corrected chi connectivity index (χ0v) is 14.7. The molecule has 2 fully saturated rings. The summed E-state index contributed by atoms with van der Waals surface area (Å²) in [7, 11) is 0. The highest BCUT2D eigenvalue weighted by molar-refractivity contribution is 7.99. The molecule has 0 radical (unpaired) electrons. The Bertz CT molecular complexity index is 732. The lowest BCUT2D eigenvalue weighted by Crippen LogP contribution is -2.47. The Kier molecular flexibility index (Phi) is 4.53. The van der Waals surface area contributed by atoms with Gasteiger partial charge in [0.25, 0.3) is 5.91 Å². The summed E-state index contributed by atoms with van der Waals surface area (Å²) in [6, 6.07) is 16.3. The van der Waals surface area contributed by atoms with Gasteiger partial charge in [0.15, 0.2) is 0 Å². The molecular formula is C19H19ClN2OS. The van der Waals surface area contributed by atoms with Crippen molar-refractivity contribution >= 4 is 29.3 Å². The molecule has 2 N–H and O–H groups in total. The second kappa shape index (κ2) is 6.79. The first-order valence-corrected chi connectivity index (χ1v) is 9.44. The molecule has 2 aliphatic rings. The minimum Gasteiger partial charge on any atom is -0.348 e. The molecule has 1 saturated heterocycles. The molecule has 0 aromatic heterocycles. The zero-order valence-electron chi connectivity index (χ0n) is 13.2. The number of fused-ring (bicyclic) bond motifs is 2. The fraction of sp³-hybridized carbons (Fsp3) is 0.316. The first-order valence-electron chi connectivity index (χ1n) is 8.25. The van der Waals surface area contributed by atoms with Gasteiger partial charge in [-0.25, -0.2) is 0 Å². The number of carbonyl (C=O) groups excluding carboxylic acids is 1. The third-order valence-electron chi connectivity index (χ3n) is 4.81. The topological polar surface area (TPSA) is 41.1 Å². The average molecular weight is 359 g/mol. The van der Waals surface area contributed by atoms with Crippen LogP contribution in [0.5, 0.6) is 0 Å². The minimum atomic E-state index is 0.0254. The van der Waals surface area contributed by atoms with E-state index in [-0.39, 0.29) is 11.9 Å². The molecule has 1 aliphatic heterocycles. The van der Waals surface area contributed by atoms with Crippen LogP contribution in [0.3, 0.4) is 0 Å². The standard InChI is InChI=1S/C19H19ClN2OS/c20-14-3-7-16(8-4-14)24-15-5-1-13(2-6-15)19(23)22-18-10-12-9-17(18)21-11-12/h1-8,12,17-18,21H,9-11H2,(H,22,23). The number of benzene rings is 2. The molecule has 1 aliphatic carbocycles. The lowest BCUT2D eigenvalue weighted by Gasteiger charge is -2.24. The first-order chi connectivity index (χ1) is 11.7. The third kappa shape index (κ3) is 3.46. The highest BCUT2D eigenvalue weighted by Crippen LogP contribution is 2.31. The van der Waals surface area contributed by atoms with Crippen LogP contribution in [0, 0.1) is 5.92 Å². The normalized spacial score (nSPS) is 25.0. The molecule has 3 atom stereocenters. The first kappa shape index (κ1) is 16.0. The predicted molar refractivity (Wildman–Crippen MR) is 97.8 cm³/mol. The maximum atomic E-state index is 12.4. The molecule has 3 unspecified atom stereocenters. The Hall–Kier alpha value is -1.49. The number of hydrogen-bond donors (Lipinski definition) is 2. The van der Waals surface area contributed by atoms with Crippen molar-refractivity contribution in [1.29, 1.82) is 0 Å². The van der Waals surface area contributed by atoms with Crippen molar-refractivity contribution in [2.24, 2.45) is 5.92 Å². The SMILES string of the molecule is O=C(NC1CC2CNC1C2)c1ccc(Sc2ccc(Cl)cc2)cc1. The molecule has 3 nitrogen and oxygen atoms in total. The highest BCUT2D eigenvalue weighted by atomic mass is 35.5. The van der Waals surface area contributed by atoms with Crippen molar-refractivity contribution in [1.82, 2.24) is 10.6 Å². The average Bonchev–Trinajstić information content (AvgIpc) is 3.20. The van der Waals surface area contributed by atoms with Crippen molar-refractivity contribution in [3.8, 4) is 0 Å². The summed E-state index contributed by atoms with van der Waals surface area (Å²) in [5.74, 6) is 0.760. The second-order valence-corrected chi connectivity index (χ2v) is 8.10. The van der Waals surface area contributed by atoms with E-state index >= 15 is 0 Å². The van der Waals surface area contributed by atoms with Gasteiger partial charge in [0.1, 0.15) is 0 Å². The van der Waals surface area contributed by atoms with Crippen LogP contribution in [-0.2, 0) is 0 Å². The van der Waals surface area contributed by atoms with E-state index in [0.717, 1.165) is 39.3 Å². The Labute approximate surface area is 151 Å². The van der Waals surface area contributed by atoms with Crippen LogP contribution in [0.1, 0.15) is 23.2 Å². The van der Waals surface area contributed by atoms with E-state index in [1.54, 1.807) is 11.8 Å². The van der Waals surface area contributed by atoms with Gasteiger partial charge in [-0.05, 0) is 73.8 Å². The van der Waals surface area contributed by atoms with Crippen LogP contribution in [-0.4, -0.2) is 24.5 Å². The van der Waals surface area contributed by atoms with E-state index in [9.17, 15) is 4.79 Å². The highest BCUT2D eigenvalue weighted by Gasteiger charge is 2.39. The van der Waals surface area contributed by atoms with Gasteiger partial charge in [0.2, 0.25) is 0 Å². The van der Waals surface area contributed by atoms with Gasteiger partial charge in [-0.2, -0.15) is 0 Å². The van der Waals surface area contributed by atoms with Gasteiger partial charge in [-0.3, -0.25) is 4.79 Å². The van der Waals surface area contributed by atoms with Crippen LogP contribution in [0.15, 0.2) is 58.3 Å². The summed E-state index contributed by atoms with van der Waals surface area (Å²) in [6.45, 7) is 1.10. The van der Waals surface area contributed by atoms with Crippen LogP contribution in [0.2, 0.25) is 5.02 Å². The molecule has 0 spiro atoms. The van der Waals surface area contributed by atoms with Crippen LogP contribution >= 0.6 is 23.4 Å². The molecule has 4 rings (SSSR count). The zero-order chi connectivity index (χ0) is 16.5. The van der Waals surface area contributed by atoms with Crippen molar-refractivity contribution in [2.75, 3.05) is 6.54 Å². The Balaban J connectivity index is 1.38. The molecular weight excluding hydrogens is 340 g/mol. The summed E-state index contributed by atoms with van der Waals surface area (Å²) in [4.78, 5) is 14.7. The molecule has 5 heteroatoms. The number of carbonyl (C=O) groups is 1. The molecule has 24 heavy (non-hydrogen) atoms. The van der Waals surface area contributed by atoms with Gasteiger partial charge in [0, 0.05) is 32.5 Å². The molecule has 1 saturated carbocycles. The molecule has 2 aromatic rings. The lowest BCUT2D eigenvalue weighted by molar-refractivity contribution is 0.0928. The van der Waals surface area contributed by atoms with Crippen molar-refractivity contribution in [2.45, 2.75) is 34.7 Å². The molecule has 2 bridgehead atoms. The maximum Gasteiger partial charge on any atom is 0.251 e. The number of hydrogen-bond acceptors (Lipinski definition) is 3. The predicted octanol–water partition coefficient (Wildman–Crippen LogP) is 3.97. The number of nitrogens with one attached hydrogen (secondary N) is 2. The van der Waals surface area contributed by atoms with E-state index < -0.39 is 0 Å². The summed E-state index contributed by atoms with van der Waals surface area (Å²) in [5, 5.41) is 7.39. The Morgan fingerprint density at radius 1 is 1.04 bits per heavy atom. The summed E-state index contributed by atoms with van der Waals surface area (Å²) in [6.07, 6.45) is 2.30. The Morgan fingerprint density at radius 2 is 1.71 bits per heavy atom. The summed E-state index contributed by atoms with van der Waals surface area (Å²) < 4.78 is 0. The smallest absolute Gasteiger partial charge is 0.251 e. The number of halogens is 1. The fourth-order valence-electron chi connectivity index (χ4n) is 3.58. The van der Waals surface area contributed by atoms with Crippen LogP contribution in [0.25, 0.3) is 0 Å². The van der Waals surface area contributed by atoms with E-state index in [4.69, 9.17) is 11.6 Å². The van der Waals surface area contributed by atoms with Gasteiger partial charge in [0.05, 0.1) is 0 Å². The lowest BCUT2D eigenvalue weighted by atomic mass is 10.1. The largest absolute Gasteiger partial charge is 0.348 e. The van der Waals surface area contributed by atoms with Crippen molar-refractivity contribution in [3.63, 3.8) is 0 Å². The molecule has 1 amide bonds. The summed E-state index contributed by atoms with van der Waals surface area (Å²) in [5.41, 5.74) is 0.721. The van der Waals surface area contributed by atoms with Crippen LogP contribution in [0.4, 0.5) is 0 Å². The number of amides is 1. The quantitative estimate of drug-likeness (QED) is 0.868. The maximum absolute atomic E-state index is 12.4. The summed E-state index contributed by atoms with van der Waals surface area (Å²) >= 11 is 7.56. The number of piperidine rings is 1. The van der Waals surface area contributed by atoms with E-state index in [1.807, 2.05) is 48.5 Å². The van der Waals surface area contributed by atoms with E-state index in [0.29, 0.717) is 6.04 Å². The number of rotatable bonds is 4. The molecule has 2 aromatic carbocycles. The van der Waals surface area contributed by atoms with Crippen molar-refractivity contribution in [3.05, 3.63) is 59.1 Å². The van der Waals surface area contributed by atoms with E-state index in [2.05, 4.69) is 10.6 Å². The Morgan fingerprint density at radius 3 is 2.29 bits per heavy atom. The fourth-order valence-corrected chi connectivity index (χ4v) is 4.52. The third-order valence-corrected chi connectivity index (χ3v) is 6.08. The minimum absolute atomic E-state index is 0.0254. The second-order valence-electron chi connectivity index (χ2n) is 6.51.